The summed E-state index contributed by atoms with van der Waals surface area (Å²) in [4.78, 5) is 38.4. The van der Waals surface area contributed by atoms with E-state index in [1.54, 1.807) is 42.9 Å². The van der Waals surface area contributed by atoms with E-state index in [2.05, 4.69) is 37.4 Å². The average molecular weight is 473 g/mol. The molecule has 1 fully saturated rings. The minimum Gasteiger partial charge on any atom is -0.352 e. The topological polar surface area (TPSA) is 90.5 Å². The second-order valence-electron chi connectivity index (χ2n) is 8.86. The number of benzene rings is 1. The molecule has 8 heteroatoms. The van der Waals surface area contributed by atoms with E-state index >= 15 is 0 Å². The maximum atomic E-state index is 12.7. The van der Waals surface area contributed by atoms with Gasteiger partial charge in [-0.1, -0.05) is 12.1 Å². The maximum absolute atomic E-state index is 12.7. The molecule has 35 heavy (non-hydrogen) atoms. The van der Waals surface area contributed by atoms with Gasteiger partial charge in [0.05, 0.1) is 0 Å². The van der Waals surface area contributed by atoms with Crippen molar-refractivity contribution >= 4 is 17.5 Å². The van der Waals surface area contributed by atoms with Gasteiger partial charge >= 0.3 is 0 Å². The van der Waals surface area contributed by atoms with Gasteiger partial charge in [0, 0.05) is 80.2 Å². The Hall–Kier alpha value is -3.62. The standard InChI is InChI=1S/C27H32N6O2/c1-32-14-16-33(17-15-32)13-3-9-30-26(34)22-5-2-4-21(18-22)19-25-20-23(6-12-29-25)27(35)31-24-7-10-28-11-8-24/h2,4-8,10-12,18,20H,3,9,13-17,19H2,1H3,(H,30,34)(H,28,31,35). The number of aromatic nitrogens is 2. The molecule has 0 spiro atoms. The fourth-order valence-corrected chi connectivity index (χ4v) is 4.06. The number of carbonyl (C=O) groups is 2. The van der Waals surface area contributed by atoms with E-state index in [4.69, 9.17) is 0 Å². The second-order valence-corrected chi connectivity index (χ2v) is 8.86. The van der Waals surface area contributed by atoms with Crippen molar-refractivity contribution in [1.29, 1.82) is 0 Å². The van der Waals surface area contributed by atoms with Crippen LogP contribution in [0.3, 0.4) is 0 Å². The predicted molar refractivity (Wildman–Crippen MR) is 137 cm³/mol. The lowest BCUT2D eigenvalue weighted by Gasteiger charge is -2.32. The lowest BCUT2D eigenvalue weighted by Crippen LogP contribution is -2.45. The third kappa shape index (κ3) is 7.43. The molecule has 182 valence electrons. The van der Waals surface area contributed by atoms with Crippen LogP contribution in [0.25, 0.3) is 0 Å². The van der Waals surface area contributed by atoms with Gasteiger partial charge in [-0.05, 0) is 62.0 Å². The Morgan fingerprint density at radius 1 is 0.914 bits per heavy atom. The Kier molecular flexibility index (Phi) is 8.53. The van der Waals surface area contributed by atoms with E-state index in [0.717, 1.165) is 50.4 Å². The molecule has 2 N–H and O–H groups in total. The van der Waals surface area contributed by atoms with E-state index in [0.29, 0.717) is 29.8 Å². The third-order valence-corrected chi connectivity index (χ3v) is 6.12. The van der Waals surface area contributed by atoms with Gasteiger partial charge in [-0.15, -0.1) is 0 Å². The number of amides is 2. The quantitative estimate of drug-likeness (QED) is 0.466. The summed E-state index contributed by atoms with van der Waals surface area (Å²) in [6.07, 6.45) is 6.36. The number of hydrogen-bond donors (Lipinski definition) is 2. The van der Waals surface area contributed by atoms with Crippen LogP contribution in [0.2, 0.25) is 0 Å². The lowest BCUT2D eigenvalue weighted by atomic mass is 10.0. The zero-order valence-electron chi connectivity index (χ0n) is 20.1. The molecule has 0 aliphatic carbocycles. The number of piperazine rings is 1. The van der Waals surface area contributed by atoms with Crippen molar-refractivity contribution in [2.24, 2.45) is 0 Å². The molecule has 1 aliphatic heterocycles. The normalized spacial score (nSPS) is 14.4. The van der Waals surface area contributed by atoms with Gasteiger partial charge in [-0.2, -0.15) is 0 Å². The summed E-state index contributed by atoms with van der Waals surface area (Å²) in [5.74, 6) is -0.270. The first kappa shape index (κ1) is 24.5. The van der Waals surface area contributed by atoms with Crippen LogP contribution in [0.1, 0.15) is 38.4 Å². The van der Waals surface area contributed by atoms with Gasteiger partial charge in [-0.25, -0.2) is 0 Å². The molecule has 2 aromatic heterocycles. The molecule has 4 rings (SSSR count). The molecule has 2 amide bonds. The Bertz CT molecular complexity index is 1130. The number of hydrogen-bond acceptors (Lipinski definition) is 6. The van der Waals surface area contributed by atoms with E-state index in [1.807, 2.05) is 24.3 Å². The molecule has 1 saturated heterocycles. The van der Waals surface area contributed by atoms with Crippen LogP contribution >= 0.6 is 0 Å². The van der Waals surface area contributed by atoms with Crippen molar-refractivity contribution in [1.82, 2.24) is 25.1 Å². The van der Waals surface area contributed by atoms with Gasteiger partial charge < -0.3 is 20.4 Å². The van der Waals surface area contributed by atoms with Crippen molar-refractivity contribution in [3.63, 3.8) is 0 Å². The Labute approximate surface area is 206 Å². The SMILES string of the molecule is CN1CCN(CCCNC(=O)c2cccc(Cc3cc(C(=O)Nc4ccncc4)ccn3)c2)CC1. The van der Waals surface area contributed by atoms with Crippen LogP contribution in [-0.4, -0.2) is 77.9 Å². The molecule has 0 atom stereocenters. The summed E-state index contributed by atoms with van der Waals surface area (Å²) in [6.45, 7) is 6.05. The highest BCUT2D eigenvalue weighted by molar-refractivity contribution is 6.04. The van der Waals surface area contributed by atoms with E-state index in [9.17, 15) is 9.59 Å². The Morgan fingerprint density at radius 2 is 1.69 bits per heavy atom. The minimum absolute atomic E-state index is 0.0660. The van der Waals surface area contributed by atoms with Gasteiger partial charge in [0.1, 0.15) is 0 Å². The molecule has 0 saturated carbocycles. The molecular formula is C27H32N6O2. The van der Waals surface area contributed by atoms with Crippen LogP contribution in [0.15, 0.2) is 67.1 Å². The highest BCUT2D eigenvalue weighted by Gasteiger charge is 2.13. The molecule has 1 aromatic carbocycles. The first-order valence-corrected chi connectivity index (χ1v) is 12.0. The van der Waals surface area contributed by atoms with E-state index in [1.165, 1.54) is 0 Å². The third-order valence-electron chi connectivity index (χ3n) is 6.12. The fourth-order valence-electron chi connectivity index (χ4n) is 4.06. The molecule has 0 unspecified atom stereocenters. The van der Waals surface area contributed by atoms with Crippen LogP contribution in [-0.2, 0) is 6.42 Å². The smallest absolute Gasteiger partial charge is 0.255 e. The van der Waals surface area contributed by atoms with Crippen LogP contribution in [0.5, 0.6) is 0 Å². The largest absolute Gasteiger partial charge is 0.352 e. The summed E-state index contributed by atoms with van der Waals surface area (Å²) in [5.41, 5.74) is 3.58. The molecule has 0 bridgehead atoms. The highest BCUT2D eigenvalue weighted by atomic mass is 16.2. The summed E-state index contributed by atoms with van der Waals surface area (Å²) in [7, 11) is 2.15. The number of carbonyl (C=O) groups excluding carboxylic acids is 2. The minimum atomic E-state index is -0.204. The molecule has 3 aromatic rings. The number of pyridine rings is 2. The molecule has 3 heterocycles. The number of rotatable bonds is 9. The van der Waals surface area contributed by atoms with E-state index in [-0.39, 0.29) is 11.8 Å². The van der Waals surface area contributed by atoms with Crippen LogP contribution in [0, 0.1) is 0 Å². The molecule has 1 aliphatic rings. The number of nitrogens with one attached hydrogen (secondary N) is 2. The average Bonchev–Trinajstić information content (AvgIpc) is 2.88. The first-order chi connectivity index (χ1) is 17.1. The summed E-state index contributed by atoms with van der Waals surface area (Å²) in [6, 6.07) is 14.5. The Balaban J connectivity index is 1.29. The summed E-state index contributed by atoms with van der Waals surface area (Å²) < 4.78 is 0. The monoisotopic (exact) mass is 472 g/mol. The molecular weight excluding hydrogens is 440 g/mol. The lowest BCUT2D eigenvalue weighted by molar-refractivity contribution is 0.0948. The second kappa shape index (κ2) is 12.2. The van der Waals surface area contributed by atoms with Crippen molar-refractivity contribution in [3.8, 4) is 0 Å². The fraction of sp³-hybridized carbons (Fsp3) is 0.333. The van der Waals surface area contributed by atoms with E-state index < -0.39 is 0 Å². The zero-order valence-corrected chi connectivity index (χ0v) is 20.1. The van der Waals surface area contributed by atoms with Crippen LogP contribution < -0.4 is 10.6 Å². The first-order valence-electron chi connectivity index (χ1n) is 12.0. The number of likely N-dealkylation sites (N-methyl/N-ethyl adjacent to an activating group) is 1. The van der Waals surface area contributed by atoms with Gasteiger partial charge in [0.15, 0.2) is 0 Å². The number of nitrogens with zero attached hydrogens (tertiary/aromatic N) is 4. The number of anilines is 1. The van der Waals surface area contributed by atoms with Crippen molar-refractivity contribution in [2.75, 3.05) is 51.6 Å². The predicted octanol–water partition coefficient (Wildman–Crippen LogP) is 2.69. The highest BCUT2D eigenvalue weighted by Crippen LogP contribution is 2.13. The zero-order chi connectivity index (χ0) is 24.5. The van der Waals surface area contributed by atoms with Crippen LogP contribution in [0.4, 0.5) is 5.69 Å². The van der Waals surface area contributed by atoms with Gasteiger partial charge in [-0.3, -0.25) is 19.6 Å². The molecule has 0 radical (unpaired) electrons. The molecule has 8 nitrogen and oxygen atoms in total. The van der Waals surface area contributed by atoms with Crippen molar-refractivity contribution in [2.45, 2.75) is 12.8 Å². The summed E-state index contributed by atoms with van der Waals surface area (Å²) in [5, 5.41) is 5.89. The Morgan fingerprint density at radius 3 is 2.49 bits per heavy atom. The van der Waals surface area contributed by atoms with Gasteiger partial charge in [0.25, 0.3) is 11.8 Å². The summed E-state index contributed by atoms with van der Waals surface area (Å²) >= 11 is 0. The van der Waals surface area contributed by atoms with Crippen molar-refractivity contribution < 1.29 is 9.59 Å². The van der Waals surface area contributed by atoms with Crippen molar-refractivity contribution in [3.05, 3.63) is 89.5 Å². The maximum Gasteiger partial charge on any atom is 0.255 e. The van der Waals surface area contributed by atoms with Gasteiger partial charge in [0.2, 0.25) is 0 Å².